The second-order valence-electron chi connectivity index (χ2n) is 7.18. The second kappa shape index (κ2) is 5.74. The van der Waals surface area contributed by atoms with Gasteiger partial charge in [0, 0.05) is 11.5 Å². The molecule has 4 heteroatoms. The standard InChI is InChI=1S/C18H27NO3/c1-12(2)22-16-5-4-13(10-15(16)21)18-7-6-14(20)11-17(18)19(3)9-8-18/h4-5,10,12,14,17,20-21H,6-9,11H2,1-3H3/t14-,17-,18-/m0/s1. The molecule has 0 amide bonds. The topological polar surface area (TPSA) is 52.9 Å². The molecule has 22 heavy (non-hydrogen) atoms. The third kappa shape index (κ3) is 2.59. The number of likely N-dealkylation sites (tertiary alicyclic amines) is 1. The maximum absolute atomic E-state index is 10.3. The highest BCUT2D eigenvalue weighted by molar-refractivity contribution is 5.45. The first-order valence-electron chi connectivity index (χ1n) is 8.31. The van der Waals surface area contributed by atoms with E-state index in [1.807, 2.05) is 26.0 Å². The number of ether oxygens (including phenoxy) is 1. The summed E-state index contributed by atoms with van der Waals surface area (Å²) in [5, 5.41) is 20.4. The van der Waals surface area contributed by atoms with Gasteiger partial charge in [-0.15, -0.1) is 0 Å². The summed E-state index contributed by atoms with van der Waals surface area (Å²) in [5.74, 6) is 0.772. The summed E-state index contributed by atoms with van der Waals surface area (Å²) in [7, 11) is 2.14. The van der Waals surface area contributed by atoms with Gasteiger partial charge in [-0.1, -0.05) is 6.07 Å². The van der Waals surface area contributed by atoms with Gasteiger partial charge < -0.3 is 19.8 Å². The zero-order chi connectivity index (χ0) is 15.9. The number of phenolic OH excluding ortho intramolecular Hbond substituents is 1. The molecule has 3 atom stereocenters. The van der Waals surface area contributed by atoms with Crippen molar-refractivity contribution < 1.29 is 14.9 Å². The van der Waals surface area contributed by atoms with E-state index in [1.54, 1.807) is 0 Å². The number of aliphatic hydroxyl groups excluding tert-OH is 1. The number of phenols is 1. The number of rotatable bonds is 3. The zero-order valence-corrected chi connectivity index (χ0v) is 13.7. The van der Waals surface area contributed by atoms with Crippen LogP contribution >= 0.6 is 0 Å². The highest BCUT2D eigenvalue weighted by Gasteiger charge is 2.50. The summed E-state index contributed by atoms with van der Waals surface area (Å²) in [5.41, 5.74) is 1.24. The molecule has 1 heterocycles. The Hall–Kier alpha value is -1.26. The van der Waals surface area contributed by atoms with Crippen molar-refractivity contribution >= 4 is 0 Å². The fourth-order valence-electron chi connectivity index (χ4n) is 4.28. The minimum absolute atomic E-state index is 0.0464. The fraction of sp³-hybridized carbons (Fsp3) is 0.667. The van der Waals surface area contributed by atoms with E-state index in [9.17, 15) is 10.2 Å². The van der Waals surface area contributed by atoms with Gasteiger partial charge in [0.15, 0.2) is 11.5 Å². The molecule has 2 aliphatic rings. The lowest BCUT2D eigenvalue weighted by Crippen LogP contribution is -2.47. The molecule has 1 aliphatic carbocycles. The van der Waals surface area contributed by atoms with Crippen LogP contribution < -0.4 is 4.74 Å². The van der Waals surface area contributed by atoms with E-state index in [1.165, 1.54) is 5.56 Å². The van der Waals surface area contributed by atoms with E-state index in [4.69, 9.17) is 4.74 Å². The summed E-state index contributed by atoms with van der Waals surface area (Å²) in [6.07, 6.45) is 3.58. The van der Waals surface area contributed by atoms with Crippen LogP contribution in [0.2, 0.25) is 0 Å². The Morgan fingerprint density at radius 3 is 2.77 bits per heavy atom. The monoisotopic (exact) mass is 305 g/mol. The molecule has 3 rings (SSSR count). The van der Waals surface area contributed by atoms with E-state index >= 15 is 0 Å². The van der Waals surface area contributed by atoms with Gasteiger partial charge in [0.2, 0.25) is 0 Å². The number of hydrogen-bond acceptors (Lipinski definition) is 4. The van der Waals surface area contributed by atoms with Crippen LogP contribution in [-0.4, -0.2) is 47.0 Å². The van der Waals surface area contributed by atoms with E-state index in [2.05, 4.69) is 18.0 Å². The van der Waals surface area contributed by atoms with Crippen molar-refractivity contribution in [1.29, 1.82) is 0 Å². The summed E-state index contributed by atoms with van der Waals surface area (Å²) < 4.78 is 5.63. The van der Waals surface area contributed by atoms with Crippen molar-refractivity contribution in [3.8, 4) is 11.5 Å². The molecule has 1 aromatic carbocycles. The van der Waals surface area contributed by atoms with Gasteiger partial charge in [-0.2, -0.15) is 0 Å². The average Bonchev–Trinajstić information content (AvgIpc) is 2.79. The van der Waals surface area contributed by atoms with Gasteiger partial charge in [-0.3, -0.25) is 0 Å². The minimum atomic E-state index is -0.198. The van der Waals surface area contributed by atoms with Gasteiger partial charge in [-0.05, 0) is 70.8 Å². The van der Waals surface area contributed by atoms with E-state index < -0.39 is 0 Å². The molecule has 1 aliphatic heterocycles. The molecule has 2 fully saturated rings. The summed E-state index contributed by atoms with van der Waals surface area (Å²) in [6, 6.07) is 6.22. The van der Waals surface area contributed by atoms with E-state index in [-0.39, 0.29) is 23.4 Å². The average molecular weight is 305 g/mol. The molecular weight excluding hydrogens is 278 g/mol. The zero-order valence-electron chi connectivity index (χ0n) is 13.7. The van der Waals surface area contributed by atoms with Gasteiger partial charge in [0.25, 0.3) is 0 Å². The number of aliphatic hydroxyl groups is 1. The Morgan fingerprint density at radius 2 is 2.09 bits per heavy atom. The lowest BCUT2D eigenvalue weighted by molar-refractivity contribution is 0.0566. The molecule has 0 aromatic heterocycles. The largest absolute Gasteiger partial charge is 0.504 e. The molecule has 4 nitrogen and oxygen atoms in total. The molecule has 1 aromatic rings. The predicted molar refractivity (Wildman–Crippen MR) is 86.4 cm³/mol. The van der Waals surface area contributed by atoms with Crippen LogP contribution in [-0.2, 0) is 5.41 Å². The number of hydrogen-bond donors (Lipinski definition) is 2. The Morgan fingerprint density at radius 1 is 1.32 bits per heavy atom. The molecule has 2 N–H and O–H groups in total. The normalized spacial score (nSPS) is 32.2. The Balaban J connectivity index is 1.93. The lowest BCUT2D eigenvalue weighted by Gasteiger charge is -2.43. The third-order valence-electron chi connectivity index (χ3n) is 5.40. The van der Waals surface area contributed by atoms with E-state index in [0.29, 0.717) is 11.8 Å². The van der Waals surface area contributed by atoms with Gasteiger partial charge >= 0.3 is 0 Å². The van der Waals surface area contributed by atoms with Crippen LogP contribution in [0, 0.1) is 0 Å². The Bertz CT molecular complexity index is 545. The van der Waals surface area contributed by atoms with Crippen molar-refractivity contribution in [3.63, 3.8) is 0 Å². The first-order chi connectivity index (χ1) is 10.4. The molecule has 122 valence electrons. The molecule has 1 saturated carbocycles. The highest BCUT2D eigenvalue weighted by Crippen LogP contribution is 2.49. The van der Waals surface area contributed by atoms with Gasteiger partial charge in [0.05, 0.1) is 12.2 Å². The van der Waals surface area contributed by atoms with Crippen molar-refractivity contribution in [2.24, 2.45) is 0 Å². The molecule has 1 saturated heterocycles. The first kappa shape index (κ1) is 15.6. The smallest absolute Gasteiger partial charge is 0.161 e. The third-order valence-corrected chi connectivity index (χ3v) is 5.40. The van der Waals surface area contributed by atoms with Gasteiger partial charge in [0.1, 0.15) is 0 Å². The molecule has 0 unspecified atom stereocenters. The Kier molecular flexibility index (Phi) is 4.08. The van der Waals surface area contributed by atoms with Crippen molar-refractivity contribution in [2.45, 2.75) is 63.2 Å². The molecular formula is C18H27NO3. The SMILES string of the molecule is CC(C)Oc1ccc([C@@]23CC[C@H](O)C[C@@H]2N(C)CC3)cc1O. The summed E-state index contributed by atoms with van der Waals surface area (Å²) in [6.45, 7) is 4.95. The maximum Gasteiger partial charge on any atom is 0.161 e. The molecule has 0 bridgehead atoms. The minimum Gasteiger partial charge on any atom is -0.504 e. The first-order valence-corrected chi connectivity index (χ1v) is 8.31. The molecule has 0 radical (unpaired) electrons. The Labute approximate surface area is 132 Å². The van der Waals surface area contributed by atoms with Crippen molar-refractivity contribution in [2.75, 3.05) is 13.6 Å². The van der Waals surface area contributed by atoms with Crippen LogP contribution in [0.5, 0.6) is 11.5 Å². The lowest BCUT2D eigenvalue weighted by atomic mass is 9.65. The number of fused-ring (bicyclic) bond motifs is 1. The summed E-state index contributed by atoms with van der Waals surface area (Å²) >= 11 is 0. The van der Waals surface area contributed by atoms with Crippen LogP contribution in [0.25, 0.3) is 0 Å². The van der Waals surface area contributed by atoms with Crippen LogP contribution in [0.15, 0.2) is 18.2 Å². The number of likely N-dealkylation sites (N-methyl/N-ethyl adjacent to an activating group) is 1. The maximum atomic E-state index is 10.3. The van der Waals surface area contributed by atoms with Crippen LogP contribution in [0.1, 0.15) is 45.1 Å². The van der Waals surface area contributed by atoms with E-state index in [0.717, 1.165) is 32.2 Å². The number of benzene rings is 1. The second-order valence-corrected chi connectivity index (χ2v) is 7.18. The number of nitrogens with zero attached hydrogens (tertiary/aromatic N) is 1. The number of aromatic hydroxyl groups is 1. The summed E-state index contributed by atoms with van der Waals surface area (Å²) in [4.78, 5) is 2.36. The van der Waals surface area contributed by atoms with Crippen molar-refractivity contribution in [3.05, 3.63) is 23.8 Å². The predicted octanol–water partition coefficient (Wildman–Crippen LogP) is 2.67. The fourth-order valence-corrected chi connectivity index (χ4v) is 4.28. The van der Waals surface area contributed by atoms with Crippen LogP contribution in [0.3, 0.4) is 0 Å². The highest BCUT2D eigenvalue weighted by atomic mass is 16.5. The quantitative estimate of drug-likeness (QED) is 0.901. The molecule has 0 spiro atoms. The van der Waals surface area contributed by atoms with Crippen LogP contribution in [0.4, 0.5) is 0 Å². The van der Waals surface area contributed by atoms with Crippen molar-refractivity contribution in [1.82, 2.24) is 4.90 Å². The van der Waals surface area contributed by atoms with Gasteiger partial charge in [-0.25, -0.2) is 0 Å².